The predicted octanol–water partition coefficient (Wildman–Crippen LogP) is 4.04. The number of carbonyl (C=O) groups is 1. The van der Waals surface area contributed by atoms with Crippen LogP contribution in [-0.4, -0.2) is 28.2 Å². The minimum Gasteiger partial charge on any atom is -0.392 e. The van der Waals surface area contributed by atoms with E-state index < -0.39 is 17.6 Å². The maximum atomic E-state index is 13.3. The van der Waals surface area contributed by atoms with E-state index in [1.165, 1.54) is 5.57 Å². The minimum atomic E-state index is -0.725. The van der Waals surface area contributed by atoms with Crippen LogP contribution in [0.2, 0.25) is 0 Å². The number of hydrogen-bond acceptors (Lipinski definition) is 3. The van der Waals surface area contributed by atoms with Crippen molar-refractivity contribution in [2.75, 3.05) is 0 Å². The quantitative estimate of drug-likeness (QED) is 0.763. The number of hydrogen-bond donors (Lipinski definition) is 2. The number of aliphatic hydroxyl groups excluding tert-OH is 2. The van der Waals surface area contributed by atoms with Crippen molar-refractivity contribution in [3.05, 3.63) is 23.3 Å². The Morgan fingerprint density at radius 1 is 1.08 bits per heavy atom. The van der Waals surface area contributed by atoms with Gasteiger partial charge in [-0.25, -0.2) is 0 Å². The SMILES string of the molecule is CC(C)=CC[C@H]1C[C@]2(CC=C(C)C)C(=O)[C@H]([C@@H]1O)C(C)(C)C[C@H]2O. The van der Waals surface area contributed by atoms with Crippen molar-refractivity contribution in [2.24, 2.45) is 22.7 Å². The summed E-state index contributed by atoms with van der Waals surface area (Å²) in [6, 6.07) is 0. The van der Waals surface area contributed by atoms with Crippen LogP contribution in [0.3, 0.4) is 0 Å². The van der Waals surface area contributed by atoms with E-state index >= 15 is 0 Å². The standard InChI is InChI=1S/C21H34O3/c1-13(2)7-8-15-11-21(10-9-14(3)4)16(22)12-20(5,6)17(18(15)23)19(21)24/h7,9,15-18,22-23H,8,10-12H2,1-6H3/t15-,16+,17-,18+,21-/m0/s1. The van der Waals surface area contributed by atoms with Crippen molar-refractivity contribution in [1.29, 1.82) is 0 Å². The molecule has 0 aliphatic heterocycles. The lowest BCUT2D eigenvalue weighted by atomic mass is 9.47. The molecule has 5 atom stereocenters. The average molecular weight is 335 g/mol. The maximum Gasteiger partial charge on any atom is 0.148 e. The van der Waals surface area contributed by atoms with E-state index in [1.807, 2.05) is 27.7 Å². The molecule has 0 aromatic heterocycles. The molecule has 2 bridgehead atoms. The topological polar surface area (TPSA) is 57.5 Å². The van der Waals surface area contributed by atoms with Gasteiger partial charge >= 0.3 is 0 Å². The summed E-state index contributed by atoms with van der Waals surface area (Å²) in [4.78, 5) is 13.3. The fourth-order valence-corrected chi connectivity index (χ4v) is 4.68. The van der Waals surface area contributed by atoms with Crippen LogP contribution < -0.4 is 0 Å². The van der Waals surface area contributed by atoms with Gasteiger partial charge in [0.2, 0.25) is 0 Å². The normalized spacial score (nSPS) is 37.8. The molecule has 0 saturated heterocycles. The Bertz CT molecular complexity index is 549. The van der Waals surface area contributed by atoms with Gasteiger partial charge in [-0.2, -0.15) is 0 Å². The highest BCUT2D eigenvalue weighted by Gasteiger charge is 2.62. The molecule has 0 aromatic rings. The molecule has 2 rings (SSSR count). The number of rotatable bonds is 4. The third-order valence-electron chi connectivity index (χ3n) is 6.13. The van der Waals surface area contributed by atoms with Crippen LogP contribution in [0.4, 0.5) is 0 Å². The zero-order valence-electron chi connectivity index (χ0n) is 16.1. The Balaban J connectivity index is 2.45. The molecule has 2 saturated carbocycles. The van der Waals surface area contributed by atoms with Crippen LogP contribution in [0.25, 0.3) is 0 Å². The number of ketones is 1. The molecule has 24 heavy (non-hydrogen) atoms. The van der Waals surface area contributed by atoms with Gasteiger partial charge in [-0.3, -0.25) is 4.79 Å². The summed E-state index contributed by atoms with van der Waals surface area (Å²) in [5.41, 5.74) is 1.30. The van der Waals surface area contributed by atoms with Gasteiger partial charge in [0.15, 0.2) is 0 Å². The molecule has 2 N–H and O–H groups in total. The van der Waals surface area contributed by atoms with Gasteiger partial charge in [-0.1, -0.05) is 37.1 Å². The van der Waals surface area contributed by atoms with Gasteiger partial charge in [0.25, 0.3) is 0 Å². The van der Waals surface area contributed by atoms with E-state index in [4.69, 9.17) is 0 Å². The van der Waals surface area contributed by atoms with Crippen molar-refractivity contribution in [3.8, 4) is 0 Å². The molecule has 3 heteroatoms. The largest absolute Gasteiger partial charge is 0.392 e. The zero-order valence-corrected chi connectivity index (χ0v) is 16.1. The van der Waals surface area contributed by atoms with Crippen LogP contribution in [0.1, 0.15) is 67.2 Å². The molecule has 0 radical (unpaired) electrons. The fraction of sp³-hybridized carbons (Fsp3) is 0.762. The smallest absolute Gasteiger partial charge is 0.148 e. The summed E-state index contributed by atoms with van der Waals surface area (Å²) in [5.74, 6) is -0.275. The first-order chi connectivity index (χ1) is 11.0. The lowest BCUT2D eigenvalue weighted by molar-refractivity contribution is -0.185. The third-order valence-corrected chi connectivity index (χ3v) is 6.13. The van der Waals surface area contributed by atoms with Crippen molar-refractivity contribution in [3.63, 3.8) is 0 Å². The van der Waals surface area contributed by atoms with E-state index in [-0.39, 0.29) is 23.0 Å². The van der Waals surface area contributed by atoms with Gasteiger partial charge in [-0.15, -0.1) is 0 Å². The van der Waals surface area contributed by atoms with Crippen LogP contribution in [0, 0.1) is 22.7 Å². The first-order valence-electron chi connectivity index (χ1n) is 9.18. The van der Waals surface area contributed by atoms with Crippen molar-refractivity contribution >= 4 is 5.78 Å². The maximum absolute atomic E-state index is 13.3. The Kier molecular flexibility index (Phi) is 5.46. The summed E-state index contributed by atoms with van der Waals surface area (Å²) in [6.45, 7) is 12.2. The van der Waals surface area contributed by atoms with Gasteiger partial charge < -0.3 is 10.2 Å². The first-order valence-corrected chi connectivity index (χ1v) is 9.18. The molecule has 0 heterocycles. The Morgan fingerprint density at radius 2 is 1.67 bits per heavy atom. The molecule has 136 valence electrons. The van der Waals surface area contributed by atoms with Crippen LogP contribution in [0.15, 0.2) is 23.3 Å². The summed E-state index contributed by atoms with van der Waals surface area (Å²) >= 11 is 0. The second-order valence-electron chi connectivity index (χ2n) is 9.16. The van der Waals surface area contributed by atoms with E-state index in [1.54, 1.807) is 0 Å². The van der Waals surface area contributed by atoms with E-state index in [9.17, 15) is 15.0 Å². The molecule has 0 spiro atoms. The van der Waals surface area contributed by atoms with Crippen molar-refractivity contribution in [2.45, 2.75) is 79.4 Å². The Hall–Kier alpha value is -0.930. The number of fused-ring (bicyclic) bond motifs is 2. The number of aliphatic hydroxyl groups is 2. The van der Waals surface area contributed by atoms with Crippen molar-refractivity contribution < 1.29 is 15.0 Å². The molecule has 2 fully saturated rings. The second-order valence-corrected chi connectivity index (χ2v) is 9.16. The zero-order chi connectivity index (χ0) is 18.3. The number of allylic oxidation sites excluding steroid dienone is 4. The molecule has 0 amide bonds. The minimum absolute atomic E-state index is 0.0300. The number of Topliss-reactive ketones (excluding diaryl/α,β-unsaturated/α-hetero) is 1. The van der Waals surface area contributed by atoms with E-state index in [2.05, 4.69) is 26.0 Å². The third kappa shape index (κ3) is 3.39. The molecular weight excluding hydrogens is 300 g/mol. The predicted molar refractivity (Wildman–Crippen MR) is 97.5 cm³/mol. The highest BCUT2D eigenvalue weighted by Crippen LogP contribution is 2.57. The molecule has 3 nitrogen and oxygen atoms in total. The van der Waals surface area contributed by atoms with Crippen molar-refractivity contribution in [1.82, 2.24) is 0 Å². The molecule has 2 aliphatic rings. The highest BCUT2D eigenvalue weighted by atomic mass is 16.3. The Morgan fingerprint density at radius 3 is 2.21 bits per heavy atom. The van der Waals surface area contributed by atoms with Gasteiger partial charge in [0, 0.05) is 5.92 Å². The molecule has 2 aliphatic carbocycles. The molecular formula is C21H34O3. The lowest BCUT2D eigenvalue weighted by Gasteiger charge is -2.57. The Labute approximate surface area is 146 Å². The molecule has 0 aromatic carbocycles. The summed E-state index contributed by atoms with van der Waals surface area (Å²) in [7, 11) is 0. The summed E-state index contributed by atoms with van der Waals surface area (Å²) < 4.78 is 0. The first kappa shape index (κ1) is 19.4. The van der Waals surface area contributed by atoms with Gasteiger partial charge in [0.1, 0.15) is 5.78 Å². The summed E-state index contributed by atoms with van der Waals surface area (Å²) in [5, 5.41) is 21.9. The van der Waals surface area contributed by atoms with Gasteiger partial charge in [0.05, 0.1) is 17.6 Å². The summed E-state index contributed by atoms with van der Waals surface area (Å²) in [6.07, 6.45) is 5.48. The van der Waals surface area contributed by atoms with Gasteiger partial charge in [-0.05, 0) is 64.7 Å². The van der Waals surface area contributed by atoms with Crippen LogP contribution in [0.5, 0.6) is 0 Å². The monoisotopic (exact) mass is 334 g/mol. The number of carbonyl (C=O) groups excluding carboxylic acids is 1. The average Bonchev–Trinajstić information content (AvgIpc) is 2.43. The van der Waals surface area contributed by atoms with E-state index in [0.717, 1.165) is 12.0 Å². The van der Waals surface area contributed by atoms with Crippen LogP contribution in [-0.2, 0) is 4.79 Å². The molecule has 0 unspecified atom stereocenters. The highest BCUT2D eigenvalue weighted by molar-refractivity contribution is 5.91. The van der Waals surface area contributed by atoms with E-state index in [0.29, 0.717) is 19.3 Å². The fourth-order valence-electron chi connectivity index (χ4n) is 4.68. The van der Waals surface area contributed by atoms with Crippen LogP contribution >= 0.6 is 0 Å². The lowest BCUT2D eigenvalue weighted by Crippen LogP contribution is -2.64. The second kappa shape index (κ2) is 6.76.